The molecule has 3 rings (SSSR count). The molecule has 0 aliphatic heterocycles. The molecule has 21 heavy (non-hydrogen) atoms. The van der Waals surface area contributed by atoms with E-state index in [1.807, 2.05) is 49.4 Å². The maximum absolute atomic E-state index is 12.3. The number of carbonyl (C=O) groups is 1. The van der Waals surface area contributed by atoms with Gasteiger partial charge in [0.15, 0.2) is 0 Å². The summed E-state index contributed by atoms with van der Waals surface area (Å²) in [7, 11) is 0. The zero-order chi connectivity index (χ0) is 14.7. The quantitative estimate of drug-likeness (QED) is 0.869. The molecule has 0 heterocycles. The van der Waals surface area contributed by atoms with E-state index in [0.717, 1.165) is 24.9 Å². The van der Waals surface area contributed by atoms with E-state index < -0.39 is 0 Å². The van der Waals surface area contributed by atoms with Crippen LogP contribution >= 0.6 is 0 Å². The summed E-state index contributed by atoms with van der Waals surface area (Å²) in [5.41, 5.74) is 2.99. The molecule has 1 aliphatic carbocycles. The summed E-state index contributed by atoms with van der Waals surface area (Å²) in [6.45, 7) is 2.03. The fourth-order valence-corrected chi connectivity index (χ4v) is 2.79. The topological polar surface area (TPSA) is 41.1 Å². The first-order valence-corrected chi connectivity index (χ1v) is 7.39. The van der Waals surface area contributed by atoms with Crippen molar-refractivity contribution in [1.29, 1.82) is 0 Å². The highest BCUT2D eigenvalue weighted by atomic mass is 16.2. The molecular weight excluding hydrogens is 260 g/mol. The zero-order valence-corrected chi connectivity index (χ0v) is 12.2. The molecule has 0 saturated heterocycles. The molecule has 0 spiro atoms. The Bertz CT molecular complexity index is 615. The molecule has 2 N–H and O–H groups in total. The smallest absolute Gasteiger partial charge is 0.319 e. The van der Waals surface area contributed by atoms with Crippen LogP contribution in [0.25, 0.3) is 0 Å². The number of urea groups is 1. The van der Waals surface area contributed by atoms with Crippen LogP contribution in [0.2, 0.25) is 0 Å². The average Bonchev–Trinajstić information content (AvgIpc) is 2.46. The summed E-state index contributed by atoms with van der Waals surface area (Å²) in [6, 6.07) is 17.9. The highest BCUT2D eigenvalue weighted by Crippen LogP contribution is 2.41. The van der Waals surface area contributed by atoms with Crippen molar-refractivity contribution in [2.24, 2.45) is 0 Å². The standard InChI is InChI=1S/C18H20N2O/c1-14-8-10-16(11-9-14)19-17(21)20-18(12-5-13-18)15-6-3-2-4-7-15/h2-4,6-11H,5,12-13H2,1H3,(H2,19,20,21). The molecule has 0 atom stereocenters. The van der Waals surface area contributed by atoms with Crippen molar-refractivity contribution in [3.05, 3.63) is 65.7 Å². The van der Waals surface area contributed by atoms with Crippen molar-refractivity contribution < 1.29 is 4.79 Å². The number of carbonyl (C=O) groups excluding carboxylic acids is 1. The van der Waals surface area contributed by atoms with Crippen LogP contribution in [0.15, 0.2) is 54.6 Å². The summed E-state index contributed by atoms with van der Waals surface area (Å²) in [4.78, 5) is 12.3. The van der Waals surface area contributed by atoms with Crippen molar-refractivity contribution in [2.75, 3.05) is 5.32 Å². The van der Waals surface area contributed by atoms with E-state index in [1.165, 1.54) is 11.1 Å². The number of hydrogen-bond donors (Lipinski definition) is 2. The molecule has 2 aromatic rings. The summed E-state index contributed by atoms with van der Waals surface area (Å²) >= 11 is 0. The van der Waals surface area contributed by atoms with Crippen LogP contribution in [0.4, 0.5) is 10.5 Å². The van der Waals surface area contributed by atoms with Gasteiger partial charge in [0, 0.05) is 5.69 Å². The predicted octanol–water partition coefficient (Wildman–Crippen LogP) is 4.20. The lowest BCUT2D eigenvalue weighted by molar-refractivity contribution is 0.185. The van der Waals surface area contributed by atoms with E-state index in [1.54, 1.807) is 0 Å². The molecule has 3 nitrogen and oxygen atoms in total. The summed E-state index contributed by atoms with van der Waals surface area (Å²) in [5, 5.41) is 6.07. The lowest BCUT2D eigenvalue weighted by Crippen LogP contribution is -2.52. The second kappa shape index (κ2) is 5.60. The van der Waals surface area contributed by atoms with E-state index in [2.05, 4.69) is 22.8 Å². The molecule has 3 heteroatoms. The molecule has 0 radical (unpaired) electrons. The van der Waals surface area contributed by atoms with Gasteiger partial charge in [-0.25, -0.2) is 4.79 Å². The van der Waals surface area contributed by atoms with Gasteiger partial charge in [-0.05, 0) is 43.9 Å². The van der Waals surface area contributed by atoms with Gasteiger partial charge in [0.05, 0.1) is 5.54 Å². The van der Waals surface area contributed by atoms with Gasteiger partial charge in [-0.1, -0.05) is 48.0 Å². The Balaban J connectivity index is 1.70. The number of aryl methyl sites for hydroxylation is 1. The van der Waals surface area contributed by atoms with Gasteiger partial charge in [-0.15, -0.1) is 0 Å². The van der Waals surface area contributed by atoms with Gasteiger partial charge in [-0.3, -0.25) is 0 Å². The molecule has 0 unspecified atom stereocenters. The normalized spacial score (nSPS) is 15.9. The van der Waals surface area contributed by atoms with Crippen LogP contribution in [0, 0.1) is 6.92 Å². The minimum Gasteiger partial charge on any atom is -0.328 e. The third kappa shape index (κ3) is 2.92. The van der Waals surface area contributed by atoms with Crippen molar-refractivity contribution >= 4 is 11.7 Å². The second-order valence-electron chi connectivity index (χ2n) is 5.75. The number of anilines is 1. The molecule has 2 aromatic carbocycles. The first-order chi connectivity index (χ1) is 10.2. The van der Waals surface area contributed by atoms with Crippen molar-refractivity contribution in [2.45, 2.75) is 31.7 Å². The van der Waals surface area contributed by atoms with Gasteiger partial charge in [0.1, 0.15) is 0 Å². The van der Waals surface area contributed by atoms with E-state index >= 15 is 0 Å². The van der Waals surface area contributed by atoms with Gasteiger partial charge < -0.3 is 10.6 Å². The molecule has 0 bridgehead atoms. The lowest BCUT2D eigenvalue weighted by atomic mass is 9.72. The van der Waals surface area contributed by atoms with Gasteiger partial charge in [0.2, 0.25) is 0 Å². The van der Waals surface area contributed by atoms with Crippen LogP contribution in [-0.4, -0.2) is 6.03 Å². The van der Waals surface area contributed by atoms with Crippen molar-refractivity contribution in [3.8, 4) is 0 Å². The Morgan fingerprint density at radius 2 is 1.67 bits per heavy atom. The van der Waals surface area contributed by atoms with Crippen LogP contribution < -0.4 is 10.6 Å². The molecule has 1 aliphatic rings. The monoisotopic (exact) mass is 280 g/mol. The highest BCUT2D eigenvalue weighted by Gasteiger charge is 2.39. The first-order valence-electron chi connectivity index (χ1n) is 7.39. The largest absolute Gasteiger partial charge is 0.328 e. The Labute approximate surface area is 125 Å². The fraction of sp³-hybridized carbons (Fsp3) is 0.278. The Morgan fingerprint density at radius 3 is 2.24 bits per heavy atom. The van der Waals surface area contributed by atoms with Gasteiger partial charge in [-0.2, -0.15) is 0 Å². The Morgan fingerprint density at radius 1 is 1.00 bits per heavy atom. The second-order valence-corrected chi connectivity index (χ2v) is 5.75. The number of benzene rings is 2. The van der Waals surface area contributed by atoms with Crippen LogP contribution in [0.3, 0.4) is 0 Å². The Kier molecular flexibility index (Phi) is 3.65. The Hall–Kier alpha value is -2.29. The minimum absolute atomic E-state index is 0.137. The fourth-order valence-electron chi connectivity index (χ4n) is 2.79. The lowest BCUT2D eigenvalue weighted by Gasteiger charge is -2.43. The zero-order valence-electron chi connectivity index (χ0n) is 12.2. The third-order valence-electron chi connectivity index (χ3n) is 4.20. The maximum Gasteiger partial charge on any atom is 0.319 e. The van der Waals surface area contributed by atoms with Gasteiger partial charge in [0.25, 0.3) is 0 Å². The van der Waals surface area contributed by atoms with Crippen LogP contribution in [-0.2, 0) is 5.54 Å². The number of rotatable bonds is 3. The van der Waals surface area contributed by atoms with Crippen LogP contribution in [0.1, 0.15) is 30.4 Å². The van der Waals surface area contributed by atoms with E-state index in [4.69, 9.17) is 0 Å². The molecule has 2 amide bonds. The number of hydrogen-bond acceptors (Lipinski definition) is 1. The minimum atomic E-state index is -0.198. The summed E-state index contributed by atoms with van der Waals surface area (Å²) in [6.07, 6.45) is 3.15. The van der Waals surface area contributed by atoms with Crippen molar-refractivity contribution in [1.82, 2.24) is 5.32 Å². The molecule has 0 aromatic heterocycles. The molecule has 1 saturated carbocycles. The number of nitrogens with one attached hydrogen (secondary N) is 2. The average molecular weight is 280 g/mol. The van der Waals surface area contributed by atoms with E-state index in [-0.39, 0.29) is 11.6 Å². The first kappa shape index (κ1) is 13.7. The summed E-state index contributed by atoms with van der Waals surface area (Å²) < 4.78 is 0. The maximum atomic E-state index is 12.3. The number of amides is 2. The predicted molar refractivity (Wildman–Crippen MR) is 85.3 cm³/mol. The summed E-state index contributed by atoms with van der Waals surface area (Å²) in [5.74, 6) is 0. The van der Waals surface area contributed by atoms with Crippen molar-refractivity contribution in [3.63, 3.8) is 0 Å². The van der Waals surface area contributed by atoms with Crippen LogP contribution in [0.5, 0.6) is 0 Å². The molecule has 108 valence electrons. The third-order valence-corrected chi connectivity index (χ3v) is 4.20. The molecular formula is C18H20N2O. The SMILES string of the molecule is Cc1ccc(NC(=O)NC2(c3ccccc3)CCC2)cc1. The molecule has 1 fully saturated rings. The highest BCUT2D eigenvalue weighted by molar-refractivity contribution is 5.90. The van der Waals surface area contributed by atoms with E-state index in [9.17, 15) is 4.79 Å². The van der Waals surface area contributed by atoms with E-state index in [0.29, 0.717) is 0 Å². The van der Waals surface area contributed by atoms with Gasteiger partial charge >= 0.3 is 6.03 Å².